The average molecular weight is 373 g/mol. The molecule has 0 saturated heterocycles. The van der Waals surface area contributed by atoms with Gasteiger partial charge in [-0.1, -0.05) is 0 Å². The Hall–Kier alpha value is -1.47. The van der Waals surface area contributed by atoms with Crippen LogP contribution in [-0.2, 0) is 6.42 Å². The molecule has 1 aromatic heterocycles. The van der Waals surface area contributed by atoms with Gasteiger partial charge in [0.05, 0.1) is 15.5 Å². The molecule has 0 aliphatic carbocycles. The number of nitro benzene ring substituents is 1. The number of nitro groups is 1. The molecule has 0 fully saturated rings. The topological polar surface area (TPSA) is 55.2 Å². The lowest BCUT2D eigenvalue weighted by atomic mass is 10.2. The summed E-state index contributed by atoms with van der Waals surface area (Å²) in [5.41, 5.74) is 0.0546. The summed E-state index contributed by atoms with van der Waals surface area (Å²) < 4.78 is 13.6. The van der Waals surface area contributed by atoms with Gasteiger partial charge < -0.3 is 5.32 Å². The van der Waals surface area contributed by atoms with Crippen molar-refractivity contribution in [3.63, 3.8) is 0 Å². The molecule has 0 aliphatic rings. The lowest BCUT2D eigenvalue weighted by Crippen LogP contribution is -2.18. The molecule has 2 aromatic rings. The molecule has 0 aliphatic heterocycles. The summed E-state index contributed by atoms with van der Waals surface area (Å²) >= 11 is 4.75. The van der Waals surface area contributed by atoms with E-state index in [1.165, 1.54) is 15.8 Å². The molecule has 1 atom stereocenters. The molecule has 0 radical (unpaired) electrons. The summed E-state index contributed by atoms with van der Waals surface area (Å²) in [4.78, 5) is 12.9. The zero-order valence-corrected chi connectivity index (χ0v) is 13.9. The predicted octanol–water partition coefficient (Wildman–Crippen LogP) is 4.91. The van der Waals surface area contributed by atoms with Crippen LogP contribution in [0.2, 0.25) is 0 Å². The van der Waals surface area contributed by atoms with Crippen molar-refractivity contribution in [2.45, 2.75) is 26.3 Å². The minimum Gasteiger partial charge on any atom is -0.377 e. The number of hydrogen-bond acceptors (Lipinski definition) is 4. The highest BCUT2D eigenvalue weighted by molar-refractivity contribution is 9.10. The minimum absolute atomic E-state index is 0.000823. The van der Waals surface area contributed by atoms with E-state index in [0.29, 0.717) is 5.69 Å². The van der Waals surface area contributed by atoms with Crippen molar-refractivity contribution in [3.05, 3.63) is 54.4 Å². The van der Waals surface area contributed by atoms with E-state index in [4.69, 9.17) is 0 Å². The van der Waals surface area contributed by atoms with Crippen LogP contribution < -0.4 is 5.32 Å². The Labute approximate surface area is 134 Å². The van der Waals surface area contributed by atoms with E-state index in [9.17, 15) is 14.5 Å². The summed E-state index contributed by atoms with van der Waals surface area (Å²) in [5.74, 6) is -0.645. The molecule has 7 heteroatoms. The summed E-state index contributed by atoms with van der Waals surface area (Å²) in [6.07, 6.45) is 0.755. The normalized spacial score (nSPS) is 12.2. The standard InChI is InChI=1S/C14H14BrFN2O2S/c1-8(5-10-4-3-9(2)21-10)17-13-6-11(15)12(16)7-14(13)18(19)20/h3-4,6-8,17H,5H2,1-2H3. The van der Waals surface area contributed by atoms with Crippen molar-refractivity contribution in [2.24, 2.45) is 0 Å². The van der Waals surface area contributed by atoms with Crippen LogP contribution in [0.3, 0.4) is 0 Å². The summed E-state index contributed by atoms with van der Waals surface area (Å²) in [6, 6.07) is 6.42. The van der Waals surface area contributed by atoms with Crippen molar-refractivity contribution < 1.29 is 9.31 Å². The van der Waals surface area contributed by atoms with Gasteiger partial charge in [-0.25, -0.2) is 4.39 Å². The Kier molecular flexibility index (Phi) is 4.95. The first-order chi connectivity index (χ1) is 9.86. The molecule has 1 heterocycles. The average Bonchev–Trinajstić information content (AvgIpc) is 2.78. The van der Waals surface area contributed by atoms with Gasteiger partial charge in [-0.15, -0.1) is 11.3 Å². The van der Waals surface area contributed by atoms with Crippen LogP contribution in [0.5, 0.6) is 0 Å². The van der Waals surface area contributed by atoms with E-state index >= 15 is 0 Å². The van der Waals surface area contributed by atoms with Gasteiger partial charge in [-0.2, -0.15) is 0 Å². The van der Waals surface area contributed by atoms with Crippen LogP contribution in [0.1, 0.15) is 16.7 Å². The van der Waals surface area contributed by atoms with E-state index in [1.807, 2.05) is 26.0 Å². The fourth-order valence-electron chi connectivity index (χ4n) is 2.02. The molecule has 0 saturated carbocycles. The second-order valence-electron chi connectivity index (χ2n) is 4.80. The zero-order valence-electron chi connectivity index (χ0n) is 11.5. The second kappa shape index (κ2) is 6.53. The van der Waals surface area contributed by atoms with Gasteiger partial charge in [0.25, 0.3) is 5.69 Å². The highest BCUT2D eigenvalue weighted by Gasteiger charge is 2.19. The lowest BCUT2D eigenvalue weighted by molar-refractivity contribution is -0.384. The number of anilines is 1. The van der Waals surface area contributed by atoms with E-state index in [-0.39, 0.29) is 16.2 Å². The number of benzene rings is 1. The SMILES string of the molecule is Cc1ccc(CC(C)Nc2cc(Br)c(F)cc2[N+](=O)[O-])s1. The zero-order chi connectivity index (χ0) is 15.6. The molecule has 0 spiro atoms. The number of halogens is 2. The molecule has 0 amide bonds. The highest BCUT2D eigenvalue weighted by Crippen LogP contribution is 2.31. The molecule has 1 aromatic carbocycles. The van der Waals surface area contributed by atoms with E-state index in [1.54, 1.807) is 11.3 Å². The number of thiophene rings is 1. The smallest absolute Gasteiger partial charge is 0.295 e. The van der Waals surface area contributed by atoms with Crippen molar-refractivity contribution >= 4 is 38.6 Å². The van der Waals surface area contributed by atoms with Gasteiger partial charge in [0.1, 0.15) is 11.5 Å². The molecule has 21 heavy (non-hydrogen) atoms. The Morgan fingerprint density at radius 3 is 2.76 bits per heavy atom. The van der Waals surface area contributed by atoms with Crippen molar-refractivity contribution in [1.82, 2.24) is 0 Å². The Morgan fingerprint density at radius 2 is 2.19 bits per heavy atom. The third-order valence-corrected chi connectivity index (χ3v) is 4.57. The van der Waals surface area contributed by atoms with Gasteiger partial charge in [-0.3, -0.25) is 10.1 Å². The maximum atomic E-state index is 13.4. The molecule has 4 nitrogen and oxygen atoms in total. The number of hydrogen-bond donors (Lipinski definition) is 1. The fourth-order valence-corrected chi connectivity index (χ4v) is 3.38. The van der Waals surface area contributed by atoms with Crippen LogP contribution in [0.25, 0.3) is 0 Å². The Bertz CT molecular complexity index is 675. The van der Waals surface area contributed by atoms with Gasteiger partial charge in [-0.05, 0) is 48.0 Å². The molecule has 112 valence electrons. The molecular formula is C14H14BrFN2O2S. The number of nitrogens with zero attached hydrogens (tertiary/aromatic N) is 1. The maximum absolute atomic E-state index is 13.4. The number of aryl methyl sites for hydroxylation is 1. The first-order valence-corrected chi connectivity index (χ1v) is 7.93. The molecular weight excluding hydrogens is 359 g/mol. The van der Waals surface area contributed by atoms with Crippen molar-refractivity contribution in [2.75, 3.05) is 5.32 Å². The van der Waals surface area contributed by atoms with Crippen molar-refractivity contribution in [1.29, 1.82) is 0 Å². The van der Waals surface area contributed by atoms with E-state index in [2.05, 4.69) is 21.2 Å². The van der Waals surface area contributed by atoms with Crippen LogP contribution >= 0.6 is 27.3 Å². The first kappa shape index (κ1) is 15.9. The Balaban J connectivity index is 2.18. The third-order valence-electron chi connectivity index (χ3n) is 2.94. The number of nitrogens with one attached hydrogen (secondary N) is 1. The summed E-state index contributed by atoms with van der Waals surface area (Å²) in [7, 11) is 0. The maximum Gasteiger partial charge on any atom is 0.295 e. The van der Waals surface area contributed by atoms with E-state index in [0.717, 1.165) is 12.5 Å². The highest BCUT2D eigenvalue weighted by atomic mass is 79.9. The first-order valence-electron chi connectivity index (χ1n) is 6.32. The van der Waals surface area contributed by atoms with Gasteiger partial charge in [0, 0.05) is 22.2 Å². The molecule has 1 N–H and O–H groups in total. The van der Waals surface area contributed by atoms with Crippen molar-refractivity contribution in [3.8, 4) is 0 Å². The number of rotatable bonds is 5. The van der Waals surface area contributed by atoms with Gasteiger partial charge in [0.15, 0.2) is 0 Å². The monoisotopic (exact) mass is 372 g/mol. The fraction of sp³-hybridized carbons (Fsp3) is 0.286. The second-order valence-corrected chi connectivity index (χ2v) is 7.03. The quantitative estimate of drug-likeness (QED) is 0.599. The van der Waals surface area contributed by atoms with Gasteiger partial charge >= 0.3 is 0 Å². The van der Waals surface area contributed by atoms with E-state index < -0.39 is 10.7 Å². The summed E-state index contributed by atoms with van der Waals surface area (Å²) in [6.45, 7) is 3.98. The van der Waals surface area contributed by atoms with Crippen LogP contribution in [0.15, 0.2) is 28.7 Å². The van der Waals surface area contributed by atoms with Crippen LogP contribution in [0.4, 0.5) is 15.8 Å². The predicted molar refractivity (Wildman–Crippen MR) is 86.6 cm³/mol. The van der Waals surface area contributed by atoms with Gasteiger partial charge in [0.2, 0.25) is 0 Å². The molecule has 2 rings (SSSR count). The largest absolute Gasteiger partial charge is 0.377 e. The Morgan fingerprint density at radius 1 is 1.48 bits per heavy atom. The minimum atomic E-state index is -0.645. The van der Waals surface area contributed by atoms with Crippen LogP contribution in [-0.4, -0.2) is 11.0 Å². The lowest BCUT2D eigenvalue weighted by Gasteiger charge is -2.15. The summed E-state index contributed by atoms with van der Waals surface area (Å²) in [5, 5.41) is 14.1. The molecule has 1 unspecified atom stereocenters. The molecule has 0 bridgehead atoms. The third kappa shape index (κ3) is 4.01. The van der Waals surface area contributed by atoms with Crippen LogP contribution in [0, 0.1) is 22.9 Å².